The van der Waals surface area contributed by atoms with Gasteiger partial charge < -0.3 is 5.11 Å². The highest BCUT2D eigenvalue weighted by Crippen LogP contribution is 2.38. The zero-order valence-corrected chi connectivity index (χ0v) is 13.4. The van der Waals surface area contributed by atoms with Crippen LogP contribution in [0, 0.1) is 0 Å². The van der Waals surface area contributed by atoms with Gasteiger partial charge in [0, 0.05) is 16.6 Å². The maximum atomic E-state index is 11.0. The number of nitrogens with zero attached hydrogens (tertiary/aromatic N) is 2. The molecule has 1 N–H and O–H groups in total. The Kier molecular flexibility index (Phi) is 4.04. The second-order valence-corrected chi connectivity index (χ2v) is 6.19. The Bertz CT molecular complexity index is 593. The molecule has 1 atom stereocenters. The van der Waals surface area contributed by atoms with Gasteiger partial charge in [0.2, 0.25) is 0 Å². The molecule has 1 aromatic carbocycles. The summed E-state index contributed by atoms with van der Waals surface area (Å²) in [4.78, 5) is 0. The van der Waals surface area contributed by atoms with Crippen molar-refractivity contribution in [1.82, 2.24) is 9.78 Å². The van der Waals surface area contributed by atoms with Crippen LogP contribution in [-0.2, 0) is 5.60 Å². The molecule has 1 unspecified atom stereocenters. The Morgan fingerprint density at radius 2 is 2.00 bits per heavy atom. The molecule has 102 valence electrons. The molecule has 2 rings (SSSR count). The van der Waals surface area contributed by atoms with Crippen LogP contribution in [0.25, 0.3) is 0 Å². The van der Waals surface area contributed by atoms with Crippen molar-refractivity contribution < 1.29 is 5.11 Å². The molecule has 0 radical (unpaired) electrons. The standard InChI is InChI=1S/C14H16BrClN2O/c1-9(2)18-13(11(15)8-17-18)14(3,19)10-6-4-5-7-12(10)16/h4-9,19H,1-3H3. The first-order valence-electron chi connectivity index (χ1n) is 6.06. The van der Waals surface area contributed by atoms with Gasteiger partial charge in [0.15, 0.2) is 0 Å². The molecular formula is C14H16BrClN2O. The summed E-state index contributed by atoms with van der Waals surface area (Å²) in [5, 5.41) is 15.8. The summed E-state index contributed by atoms with van der Waals surface area (Å²) in [6, 6.07) is 7.45. The second-order valence-electron chi connectivity index (χ2n) is 4.93. The van der Waals surface area contributed by atoms with Crippen LogP contribution in [-0.4, -0.2) is 14.9 Å². The van der Waals surface area contributed by atoms with E-state index in [0.717, 1.165) is 4.47 Å². The van der Waals surface area contributed by atoms with Gasteiger partial charge >= 0.3 is 0 Å². The molecule has 1 aromatic heterocycles. The second kappa shape index (κ2) is 5.27. The van der Waals surface area contributed by atoms with Crippen molar-refractivity contribution in [3.63, 3.8) is 0 Å². The molecule has 0 amide bonds. The Balaban J connectivity index is 2.63. The molecule has 2 aromatic rings. The third-order valence-corrected chi connectivity index (χ3v) is 4.01. The van der Waals surface area contributed by atoms with E-state index in [1.165, 1.54) is 0 Å². The highest BCUT2D eigenvalue weighted by atomic mass is 79.9. The predicted molar refractivity (Wildman–Crippen MR) is 80.4 cm³/mol. The molecule has 1 heterocycles. The quantitative estimate of drug-likeness (QED) is 0.909. The average Bonchev–Trinajstić information content (AvgIpc) is 2.72. The van der Waals surface area contributed by atoms with Crippen molar-refractivity contribution >= 4 is 27.5 Å². The van der Waals surface area contributed by atoms with Crippen molar-refractivity contribution in [3.05, 3.63) is 51.2 Å². The molecule has 3 nitrogen and oxygen atoms in total. The molecule has 0 fully saturated rings. The van der Waals surface area contributed by atoms with Gasteiger partial charge in [-0.3, -0.25) is 4.68 Å². The molecule has 19 heavy (non-hydrogen) atoms. The summed E-state index contributed by atoms with van der Waals surface area (Å²) in [5.41, 5.74) is 0.160. The monoisotopic (exact) mass is 342 g/mol. The minimum absolute atomic E-state index is 0.148. The highest BCUT2D eigenvalue weighted by Gasteiger charge is 2.34. The van der Waals surface area contributed by atoms with Gasteiger partial charge in [-0.25, -0.2) is 0 Å². The maximum Gasteiger partial charge on any atom is 0.131 e. The van der Waals surface area contributed by atoms with Gasteiger partial charge in [-0.1, -0.05) is 29.8 Å². The Morgan fingerprint density at radius 1 is 1.37 bits per heavy atom. The largest absolute Gasteiger partial charge is 0.379 e. The number of halogens is 2. The van der Waals surface area contributed by atoms with Crippen LogP contribution in [0.15, 0.2) is 34.9 Å². The molecule has 0 saturated carbocycles. The molecule has 0 aliphatic carbocycles. The zero-order chi connectivity index (χ0) is 14.2. The molecule has 0 aliphatic rings. The van der Waals surface area contributed by atoms with Crippen LogP contribution in [0.2, 0.25) is 5.02 Å². The average molecular weight is 344 g/mol. The van der Waals surface area contributed by atoms with E-state index in [-0.39, 0.29) is 6.04 Å². The van der Waals surface area contributed by atoms with Crippen molar-refractivity contribution in [3.8, 4) is 0 Å². The van der Waals surface area contributed by atoms with Gasteiger partial charge in [0.05, 0.1) is 16.4 Å². The van der Waals surface area contributed by atoms with E-state index in [0.29, 0.717) is 16.3 Å². The Labute approximate surface area is 126 Å². The van der Waals surface area contributed by atoms with Gasteiger partial charge in [-0.05, 0) is 42.8 Å². The lowest BCUT2D eigenvalue weighted by Crippen LogP contribution is -2.28. The molecule has 0 saturated heterocycles. The fourth-order valence-electron chi connectivity index (χ4n) is 2.17. The summed E-state index contributed by atoms with van der Waals surface area (Å²) in [6.45, 7) is 5.77. The van der Waals surface area contributed by atoms with Gasteiger partial charge in [0.1, 0.15) is 5.60 Å². The smallest absolute Gasteiger partial charge is 0.131 e. The van der Waals surface area contributed by atoms with Crippen molar-refractivity contribution in [2.45, 2.75) is 32.4 Å². The van der Waals surface area contributed by atoms with Crippen LogP contribution in [0.3, 0.4) is 0 Å². The lowest BCUT2D eigenvalue weighted by molar-refractivity contribution is 0.0893. The van der Waals surface area contributed by atoms with Crippen LogP contribution >= 0.6 is 27.5 Å². The fourth-order valence-corrected chi connectivity index (χ4v) is 3.15. The first-order chi connectivity index (χ1) is 8.85. The van der Waals surface area contributed by atoms with E-state index in [9.17, 15) is 5.11 Å². The van der Waals surface area contributed by atoms with Crippen molar-refractivity contribution in [2.75, 3.05) is 0 Å². The summed E-state index contributed by atoms with van der Waals surface area (Å²) in [6.07, 6.45) is 1.70. The summed E-state index contributed by atoms with van der Waals surface area (Å²) >= 11 is 9.66. The van der Waals surface area contributed by atoms with E-state index in [4.69, 9.17) is 11.6 Å². The lowest BCUT2D eigenvalue weighted by atomic mass is 9.92. The van der Waals surface area contributed by atoms with E-state index in [1.54, 1.807) is 23.9 Å². The first-order valence-corrected chi connectivity index (χ1v) is 7.23. The van der Waals surface area contributed by atoms with Crippen molar-refractivity contribution in [2.24, 2.45) is 0 Å². The number of aliphatic hydroxyl groups is 1. The number of aromatic nitrogens is 2. The van der Waals surface area contributed by atoms with E-state index in [2.05, 4.69) is 21.0 Å². The minimum Gasteiger partial charge on any atom is -0.379 e. The van der Waals surface area contributed by atoms with Gasteiger partial charge in [-0.2, -0.15) is 5.10 Å². The third-order valence-electron chi connectivity index (χ3n) is 3.10. The highest BCUT2D eigenvalue weighted by molar-refractivity contribution is 9.10. The minimum atomic E-state index is -1.21. The molecule has 0 bridgehead atoms. The summed E-state index contributed by atoms with van der Waals surface area (Å²) < 4.78 is 2.57. The SMILES string of the molecule is CC(C)n1ncc(Br)c1C(C)(O)c1ccccc1Cl. The Hall–Kier alpha value is -0.840. The molecule has 0 aliphatic heterocycles. The fraction of sp³-hybridized carbons (Fsp3) is 0.357. The van der Waals surface area contributed by atoms with E-state index >= 15 is 0 Å². The van der Waals surface area contributed by atoms with Crippen LogP contribution in [0.4, 0.5) is 0 Å². The normalized spacial score (nSPS) is 14.7. The Morgan fingerprint density at radius 3 is 2.58 bits per heavy atom. The van der Waals surface area contributed by atoms with Crippen LogP contribution < -0.4 is 0 Å². The van der Waals surface area contributed by atoms with E-state index in [1.807, 2.05) is 32.0 Å². The van der Waals surface area contributed by atoms with Crippen LogP contribution in [0.1, 0.15) is 38.1 Å². The zero-order valence-electron chi connectivity index (χ0n) is 11.1. The third kappa shape index (κ3) is 2.57. The predicted octanol–water partition coefficient (Wildman–Crippen LogP) is 4.14. The lowest BCUT2D eigenvalue weighted by Gasteiger charge is -2.27. The number of rotatable bonds is 3. The first kappa shape index (κ1) is 14.6. The van der Waals surface area contributed by atoms with Gasteiger partial charge in [-0.15, -0.1) is 0 Å². The molecule has 5 heteroatoms. The topological polar surface area (TPSA) is 38.0 Å². The van der Waals surface area contributed by atoms with Gasteiger partial charge in [0.25, 0.3) is 0 Å². The molecule has 0 spiro atoms. The van der Waals surface area contributed by atoms with Crippen molar-refractivity contribution in [1.29, 1.82) is 0 Å². The summed E-state index contributed by atoms with van der Waals surface area (Å²) in [5.74, 6) is 0. The van der Waals surface area contributed by atoms with E-state index < -0.39 is 5.60 Å². The number of benzene rings is 1. The maximum absolute atomic E-state index is 11.0. The summed E-state index contributed by atoms with van der Waals surface area (Å²) in [7, 11) is 0. The number of hydrogen-bond donors (Lipinski definition) is 1. The number of hydrogen-bond acceptors (Lipinski definition) is 2. The molecular weight excluding hydrogens is 328 g/mol. The van der Waals surface area contributed by atoms with Crippen LogP contribution in [0.5, 0.6) is 0 Å².